The Kier molecular flexibility index (Phi) is 5.45. The van der Waals surface area contributed by atoms with Gasteiger partial charge in [-0.25, -0.2) is 4.79 Å². The van der Waals surface area contributed by atoms with E-state index in [1.165, 1.54) is 26.0 Å². The highest BCUT2D eigenvalue weighted by Gasteiger charge is 2.60. The maximum atomic E-state index is 12.9. The van der Waals surface area contributed by atoms with Crippen LogP contribution >= 0.6 is 0 Å². The number of fused-ring (bicyclic) bond motifs is 1. The maximum absolute atomic E-state index is 12.9. The van der Waals surface area contributed by atoms with E-state index in [1.807, 2.05) is 0 Å². The molecule has 0 aliphatic carbocycles. The van der Waals surface area contributed by atoms with Gasteiger partial charge in [0.2, 0.25) is 0 Å². The molecule has 12 heteroatoms. The molecule has 2 aliphatic heterocycles. The number of hydrogen-bond donors (Lipinski definition) is 0. The summed E-state index contributed by atoms with van der Waals surface area (Å²) >= 11 is 0. The molecule has 8 nitrogen and oxygen atoms in total. The van der Waals surface area contributed by atoms with Gasteiger partial charge in [-0.2, -0.15) is 21.6 Å². The Morgan fingerprint density at radius 2 is 1.86 bits per heavy atom. The van der Waals surface area contributed by atoms with Crippen molar-refractivity contribution in [2.45, 2.75) is 56.7 Å². The van der Waals surface area contributed by atoms with Gasteiger partial charge in [0, 0.05) is 0 Å². The van der Waals surface area contributed by atoms with Crippen LogP contribution in [0.25, 0.3) is 0 Å². The molecule has 0 bridgehead atoms. The summed E-state index contributed by atoms with van der Waals surface area (Å²) in [6, 6.07) is 4.46. The molecule has 2 aliphatic rings. The van der Waals surface area contributed by atoms with Crippen molar-refractivity contribution in [3.63, 3.8) is 0 Å². The van der Waals surface area contributed by atoms with Crippen molar-refractivity contribution in [2.24, 2.45) is 0 Å². The van der Waals surface area contributed by atoms with Crippen LogP contribution in [0.3, 0.4) is 0 Å². The monoisotopic (exact) mass is 440 g/mol. The van der Waals surface area contributed by atoms with Gasteiger partial charge >= 0.3 is 21.6 Å². The second kappa shape index (κ2) is 7.20. The maximum Gasteiger partial charge on any atom is 0.523 e. The lowest BCUT2D eigenvalue weighted by atomic mass is 9.96. The number of methoxy groups -OCH3 is 1. The van der Waals surface area contributed by atoms with Crippen molar-refractivity contribution < 1.29 is 49.5 Å². The minimum atomic E-state index is -5.98. The van der Waals surface area contributed by atoms with Gasteiger partial charge in [-0.05, 0) is 32.4 Å². The molecule has 29 heavy (non-hydrogen) atoms. The minimum absolute atomic E-state index is 0.0136. The van der Waals surface area contributed by atoms with Crippen LogP contribution in [0.15, 0.2) is 18.2 Å². The Morgan fingerprint density at radius 3 is 2.45 bits per heavy atom. The van der Waals surface area contributed by atoms with Crippen molar-refractivity contribution in [2.75, 3.05) is 7.11 Å². The van der Waals surface area contributed by atoms with E-state index >= 15 is 0 Å². The lowest BCUT2D eigenvalue weighted by Gasteiger charge is -2.27. The summed E-state index contributed by atoms with van der Waals surface area (Å²) in [5.41, 5.74) is -4.92. The first-order valence-electron chi connectivity index (χ1n) is 8.45. The van der Waals surface area contributed by atoms with E-state index < -0.39 is 52.0 Å². The number of aryl methyl sites for hydroxylation is 1. The molecule has 0 saturated carbocycles. The summed E-state index contributed by atoms with van der Waals surface area (Å²) in [7, 11) is -4.85. The summed E-state index contributed by atoms with van der Waals surface area (Å²) in [5, 5.41) is 0. The van der Waals surface area contributed by atoms with Gasteiger partial charge in [0.1, 0.15) is 18.3 Å². The van der Waals surface area contributed by atoms with E-state index in [0.717, 1.165) is 7.11 Å². The summed E-state index contributed by atoms with van der Waals surface area (Å²) in [6.45, 7) is 4.66. The Hall–Kier alpha value is -1.73. The fourth-order valence-electron chi connectivity index (χ4n) is 3.25. The molecular formula is C17H19F3O8S. The van der Waals surface area contributed by atoms with Gasteiger partial charge in [-0.3, -0.25) is 4.18 Å². The highest BCUT2D eigenvalue weighted by Crippen LogP contribution is 2.47. The smallest absolute Gasteiger partial charge is 0.465 e. The normalized spacial score (nSPS) is 28.9. The van der Waals surface area contributed by atoms with E-state index in [0.29, 0.717) is 5.56 Å². The van der Waals surface area contributed by atoms with Crippen molar-refractivity contribution >= 4 is 16.1 Å². The molecule has 162 valence electrons. The van der Waals surface area contributed by atoms with Gasteiger partial charge in [0.15, 0.2) is 12.1 Å². The third-order valence-corrected chi connectivity index (χ3v) is 5.47. The molecular weight excluding hydrogens is 421 g/mol. The van der Waals surface area contributed by atoms with Crippen LogP contribution in [0, 0.1) is 6.92 Å². The summed E-state index contributed by atoms with van der Waals surface area (Å²) in [6.07, 6.45) is -5.63. The third kappa shape index (κ3) is 4.12. The zero-order valence-electron chi connectivity index (χ0n) is 15.8. The average Bonchev–Trinajstić information content (AvgIpc) is 3.05. The van der Waals surface area contributed by atoms with Crippen LogP contribution in [0.4, 0.5) is 13.2 Å². The number of benzene rings is 1. The Balaban J connectivity index is 2.07. The van der Waals surface area contributed by atoms with Gasteiger partial charge < -0.3 is 18.9 Å². The number of esters is 1. The molecule has 0 spiro atoms. The molecule has 0 amide bonds. The van der Waals surface area contributed by atoms with E-state index in [9.17, 15) is 26.4 Å². The third-order valence-electron chi connectivity index (χ3n) is 4.43. The highest BCUT2D eigenvalue weighted by atomic mass is 32.2. The SMILES string of the molecule is COC(=O)c1ccc(C)cc1[C@H]1O[C@@H]2OC(C)(C)O[C@@H]2[C@H]1OS(=O)(=O)C(F)(F)F. The predicted octanol–water partition coefficient (Wildman–Crippen LogP) is 2.57. The lowest BCUT2D eigenvalue weighted by molar-refractivity contribution is -0.214. The van der Waals surface area contributed by atoms with Crippen LogP contribution in [0.1, 0.15) is 41.4 Å². The van der Waals surface area contributed by atoms with Gasteiger partial charge in [0.25, 0.3) is 0 Å². The average molecular weight is 440 g/mol. The fourth-order valence-corrected chi connectivity index (χ4v) is 3.86. The zero-order valence-corrected chi connectivity index (χ0v) is 16.7. The number of ether oxygens (including phenoxy) is 4. The number of halogens is 3. The zero-order chi connectivity index (χ0) is 21.8. The van der Waals surface area contributed by atoms with Crippen molar-refractivity contribution in [3.05, 3.63) is 34.9 Å². The molecule has 2 fully saturated rings. The predicted molar refractivity (Wildman–Crippen MR) is 90.0 cm³/mol. The van der Waals surface area contributed by atoms with Crippen molar-refractivity contribution in [1.82, 2.24) is 0 Å². The molecule has 1 aromatic rings. The number of rotatable bonds is 4. The topological polar surface area (TPSA) is 97.4 Å². The highest BCUT2D eigenvalue weighted by molar-refractivity contribution is 7.87. The summed E-state index contributed by atoms with van der Waals surface area (Å²) in [4.78, 5) is 12.1. The molecule has 4 atom stereocenters. The standard InChI is InChI=1S/C17H19F3O8S/c1-8-5-6-9(14(21)24-4)10(7-8)11-12(28-29(22,23)17(18,19)20)13-15(25-11)27-16(2,3)26-13/h5-7,11-13,15H,1-4H3/t11-,12+,13-,15-/m1/s1. The molecule has 3 rings (SSSR count). The number of alkyl halides is 3. The first-order chi connectivity index (χ1) is 13.3. The molecule has 2 heterocycles. The Morgan fingerprint density at radius 1 is 1.21 bits per heavy atom. The summed E-state index contributed by atoms with van der Waals surface area (Å²) < 4.78 is 88.1. The minimum Gasteiger partial charge on any atom is -0.465 e. The molecule has 0 unspecified atom stereocenters. The number of carbonyl (C=O) groups excluding carboxylic acids is 1. The van der Waals surface area contributed by atoms with Crippen LogP contribution in [-0.4, -0.2) is 51.3 Å². The molecule has 0 radical (unpaired) electrons. The molecule has 1 aromatic carbocycles. The van der Waals surface area contributed by atoms with Crippen LogP contribution in [0.5, 0.6) is 0 Å². The van der Waals surface area contributed by atoms with E-state index in [-0.39, 0.29) is 11.1 Å². The van der Waals surface area contributed by atoms with Gasteiger partial charge in [-0.15, -0.1) is 0 Å². The number of carbonyl (C=O) groups is 1. The number of hydrogen-bond acceptors (Lipinski definition) is 8. The van der Waals surface area contributed by atoms with Crippen LogP contribution in [0.2, 0.25) is 0 Å². The van der Waals surface area contributed by atoms with E-state index in [1.54, 1.807) is 13.0 Å². The van der Waals surface area contributed by atoms with E-state index in [4.69, 9.17) is 18.9 Å². The van der Waals surface area contributed by atoms with Gasteiger partial charge in [-0.1, -0.05) is 17.7 Å². The Labute approximate surface area is 164 Å². The second-order valence-electron chi connectivity index (χ2n) is 7.07. The van der Waals surface area contributed by atoms with Gasteiger partial charge in [0.05, 0.1) is 12.7 Å². The lowest BCUT2D eigenvalue weighted by Crippen LogP contribution is -2.39. The fraction of sp³-hybridized carbons (Fsp3) is 0.588. The summed E-state index contributed by atoms with van der Waals surface area (Å²) in [5.74, 6) is -2.01. The van der Waals surface area contributed by atoms with Crippen LogP contribution < -0.4 is 0 Å². The first-order valence-corrected chi connectivity index (χ1v) is 9.86. The van der Waals surface area contributed by atoms with Crippen molar-refractivity contribution in [1.29, 1.82) is 0 Å². The second-order valence-corrected chi connectivity index (χ2v) is 8.63. The Bertz CT molecular complexity index is 912. The molecule has 0 N–H and O–H groups in total. The largest absolute Gasteiger partial charge is 0.523 e. The quantitative estimate of drug-likeness (QED) is 0.400. The van der Waals surface area contributed by atoms with Crippen LogP contribution in [-0.2, 0) is 33.2 Å². The first kappa shape index (κ1) is 22.0. The molecule has 2 saturated heterocycles. The van der Waals surface area contributed by atoms with E-state index in [2.05, 4.69) is 4.18 Å². The van der Waals surface area contributed by atoms with Crippen molar-refractivity contribution in [3.8, 4) is 0 Å². The molecule has 0 aromatic heterocycles.